The van der Waals surface area contributed by atoms with Gasteiger partial charge in [-0.2, -0.15) is 5.26 Å². The Kier molecular flexibility index (Phi) is 4.58. The largest absolute Gasteiger partial charge is 0.381 e. The zero-order valence-corrected chi connectivity index (χ0v) is 12.8. The highest BCUT2D eigenvalue weighted by Crippen LogP contribution is 2.25. The fourth-order valence-electron chi connectivity index (χ4n) is 3.08. The third-order valence-corrected chi connectivity index (χ3v) is 4.44. The summed E-state index contributed by atoms with van der Waals surface area (Å²) >= 11 is 0. The summed E-state index contributed by atoms with van der Waals surface area (Å²) in [5.41, 5.74) is 0.800. The number of para-hydroxylation sites is 1. The first-order chi connectivity index (χ1) is 11.2. The molecule has 2 fully saturated rings. The predicted molar refractivity (Wildman–Crippen MR) is 83.4 cm³/mol. The van der Waals surface area contributed by atoms with Crippen molar-refractivity contribution < 1.29 is 14.3 Å². The molecule has 1 N–H and O–H groups in total. The summed E-state index contributed by atoms with van der Waals surface area (Å²) in [7, 11) is 0. The first-order valence-corrected chi connectivity index (χ1v) is 7.82. The number of hydrogen-bond donors (Lipinski definition) is 1. The van der Waals surface area contributed by atoms with Crippen LogP contribution < -0.4 is 10.2 Å². The van der Waals surface area contributed by atoms with Gasteiger partial charge in [0.1, 0.15) is 6.04 Å². The summed E-state index contributed by atoms with van der Waals surface area (Å²) in [5.74, 6) is -0.670. The summed E-state index contributed by atoms with van der Waals surface area (Å²) < 4.78 is 5.27. The molecule has 2 heterocycles. The van der Waals surface area contributed by atoms with E-state index in [4.69, 9.17) is 4.74 Å². The van der Waals surface area contributed by atoms with Crippen LogP contribution in [-0.2, 0) is 14.3 Å². The fourth-order valence-corrected chi connectivity index (χ4v) is 3.08. The Morgan fingerprint density at radius 2 is 2.17 bits per heavy atom. The van der Waals surface area contributed by atoms with Gasteiger partial charge in [-0.05, 0) is 18.6 Å². The van der Waals surface area contributed by atoms with Gasteiger partial charge in [0.25, 0.3) is 0 Å². The number of carbonyl (C=O) groups excluding carboxylic acids is 2. The van der Waals surface area contributed by atoms with Crippen LogP contribution in [0.4, 0.5) is 5.69 Å². The number of nitrogens with zero attached hydrogens (tertiary/aromatic N) is 2. The zero-order chi connectivity index (χ0) is 16.2. The van der Waals surface area contributed by atoms with Crippen molar-refractivity contribution in [1.29, 1.82) is 5.26 Å². The standard InChI is InChI=1S/C17H19N3O3/c18-9-15(12-6-7-23-11-12)19-17(22)13-8-16(21)20(10-13)14-4-2-1-3-5-14/h1-5,12-13,15H,6-8,10-11H2,(H,19,22)/t12-,13+,15-/m0/s1. The molecule has 0 aliphatic carbocycles. The maximum Gasteiger partial charge on any atom is 0.227 e. The fraction of sp³-hybridized carbons (Fsp3) is 0.471. The number of nitrogens with one attached hydrogen (secondary N) is 1. The second-order valence-corrected chi connectivity index (χ2v) is 5.98. The Morgan fingerprint density at radius 1 is 1.39 bits per heavy atom. The average Bonchev–Trinajstić information content (AvgIpc) is 3.23. The highest BCUT2D eigenvalue weighted by molar-refractivity contribution is 6.00. The van der Waals surface area contributed by atoms with Crippen molar-refractivity contribution in [3.8, 4) is 6.07 Å². The van der Waals surface area contributed by atoms with Gasteiger partial charge in [0.2, 0.25) is 11.8 Å². The lowest BCUT2D eigenvalue weighted by Gasteiger charge is -2.19. The number of anilines is 1. The van der Waals surface area contributed by atoms with E-state index in [1.165, 1.54) is 0 Å². The van der Waals surface area contributed by atoms with E-state index in [2.05, 4.69) is 11.4 Å². The van der Waals surface area contributed by atoms with Crippen LogP contribution >= 0.6 is 0 Å². The SMILES string of the molecule is N#C[C@H](NC(=O)[C@@H]1CC(=O)N(c2ccccc2)C1)[C@H]1CCOC1. The molecule has 3 rings (SSSR count). The molecule has 0 unspecified atom stereocenters. The van der Waals surface area contributed by atoms with Gasteiger partial charge in [-0.1, -0.05) is 18.2 Å². The van der Waals surface area contributed by atoms with E-state index in [-0.39, 0.29) is 24.2 Å². The molecular weight excluding hydrogens is 294 g/mol. The summed E-state index contributed by atoms with van der Waals surface area (Å²) in [6.45, 7) is 1.48. The van der Waals surface area contributed by atoms with Gasteiger partial charge in [-0.3, -0.25) is 9.59 Å². The van der Waals surface area contributed by atoms with Gasteiger partial charge in [0.15, 0.2) is 0 Å². The predicted octanol–water partition coefficient (Wildman–Crippen LogP) is 1.08. The van der Waals surface area contributed by atoms with E-state index in [0.29, 0.717) is 19.8 Å². The highest BCUT2D eigenvalue weighted by Gasteiger charge is 2.37. The summed E-state index contributed by atoms with van der Waals surface area (Å²) in [6, 6.07) is 10.9. The van der Waals surface area contributed by atoms with Crippen LogP contribution in [-0.4, -0.2) is 37.6 Å². The number of carbonyl (C=O) groups is 2. The summed E-state index contributed by atoms with van der Waals surface area (Å²) in [4.78, 5) is 26.2. The van der Waals surface area contributed by atoms with Crippen LogP contribution in [0.15, 0.2) is 30.3 Å². The van der Waals surface area contributed by atoms with Crippen LogP contribution in [0.25, 0.3) is 0 Å². The van der Waals surface area contributed by atoms with E-state index in [1.807, 2.05) is 30.3 Å². The maximum absolute atomic E-state index is 12.4. The minimum atomic E-state index is -0.550. The van der Waals surface area contributed by atoms with E-state index in [0.717, 1.165) is 12.1 Å². The van der Waals surface area contributed by atoms with Gasteiger partial charge in [-0.15, -0.1) is 0 Å². The molecular formula is C17H19N3O3. The molecule has 2 aliphatic heterocycles. The Hall–Kier alpha value is -2.39. The van der Waals surface area contributed by atoms with Crippen molar-refractivity contribution in [2.75, 3.05) is 24.7 Å². The van der Waals surface area contributed by atoms with Gasteiger partial charge in [-0.25, -0.2) is 0 Å². The van der Waals surface area contributed by atoms with E-state index in [1.54, 1.807) is 4.90 Å². The summed E-state index contributed by atoms with van der Waals surface area (Å²) in [5, 5.41) is 12.0. The number of benzene rings is 1. The first-order valence-electron chi connectivity index (χ1n) is 7.82. The summed E-state index contributed by atoms with van der Waals surface area (Å²) in [6.07, 6.45) is 0.957. The molecule has 23 heavy (non-hydrogen) atoms. The smallest absolute Gasteiger partial charge is 0.227 e. The Morgan fingerprint density at radius 3 is 2.83 bits per heavy atom. The second kappa shape index (κ2) is 6.80. The van der Waals surface area contributed by atoms with Crippen molar-refractivity contribution >= 4 is 17.5 Å². The molecule has 1 aromatic rings. The van der Waals surface area contributed by atoms with Crippen LogP contribution in [0.2, 0.25) is 0 Å². The molecule has 0 bridgehead atoms. The van der Waals surface area contributed by atoms with Crippen molar-refractivity contribution in [2.45, 2.75) is 18.9 Å². The van der Waals surface area contributed by atoms with E-state index in [9.17, 15) is 14.9 Å². The molecule has 2 saturated heterocycles. The van der Waals surface area contributed by atoms with E-state index >= 15 is 0 Å². The molecule has 120 valence electrons. The van der Waals surface area contributed by atoms with Crippen molar-refractivity contribution in [2.24, 2.45) is 11.8 Å². The van der Waals surface area contributed by atoms with Crippen molar-refractivity contribution in [3.05, 3.63) is 30.3 Å². The van der Waals surface area contributed by atoms with Crippen molar-refractivity contribution in [3.63, 3.8) is 0 Å². The molecule has 0 aromatic heterocycles. The Balaban J connectivity index is 1.62. The molecule has 3 atom stereocenters. The topological polar surface area (TPSA) is 82.4 Å². The molecule has 6 nitrogen and oxygen atoms in total. The molecule has 2 amide bonds. The van der Waals surface area contributed by atoms with Crippen LogP contribution in [0, 0.1) is 23.2 Å². The highest BCUT2D eigenvalue weighted by atomic mass is 16.5. The number of nitriles is 1. The Labute approximate surface area is 135 Å². The lowest BCUT2D eigenvalue weighted by atomic mass is 9.99. The quantitative estimate of drug-likeness (QED) is 0.902. The van der Waals surface area contributed by atoms with Crippen molar-refractivity contribution in [1.82, 2.24) is 5.32 Å². The van der Waals surface area contributed by atoms with Crippen LogP contribution in [0.1, 0.15) is 12.8 Å². The number of amides is 2. The van der Waals surface area contributed by atoms with Crippen LogP contribution in [0.3, 0.4) is 0 Å². The van der Waals surface area contributed by atoms with E-state index < -0.39 is 12.0 Å². The number of hydrogen-bond acceptors (Lipinski definition) is 4. The third kappa shape index (κ3) is 3.35. The maximum atomic E-state index is 12.4. The molecule has 2 aliphatic rings. The molecule has 1 aromatic carbocycles. The van der Waals surface area contributed by atoms with Gasteiger partial charge in [0, 0.05) is 31.2 Å². The van der Waals surface area contributed by atoms with Gasteiger partial charge >= 0.3 is 0 Å². The molecule has 0 radical (unpaired) electrons. The van der Waals surface area contributed by atoms with Gasteiger partial charge < -0.3 is 15.0 Å². The Bertz CT molecular complexity index is 620. The minimum Gasteiger partial charge on any atom is -0.381 e. The monoisotopic (exact) mass is 313 g/mol. The minimum absolute atomic E-state index is 0.0336. The van der Waals surface area contributed by atoms with Gasteiger partial charge in [0.05, 0.1) is 18.6 Å². The average molecular weight is 313 g/mol. The first kappa shape index (κ1) is 15.5. The number of rotatable bonds is 4. The normalized spacial score (nSPS) is 25.2. The lowest BCUT2D eigenvalue weighted by Crippen LogP contribution is -2.43. The molecule has 6 heteroatoms. The lowest BCUT2D eigenvalue weighted by molar-refractivity contribution is -0.126. The zero-order valence-electron chi connectivity index (χ0n) is 12.8. The second-order valence-electron chi connectivity index (χ2n) is 5.98. The number of ether oxygens (including phenoxy) is 1. The van der Waals surface area contributed by atoms with Crippen LogP contribution in [0.5, 0.6) is 0 Å². The molecule has 0 saturated carbocycles. The molecule has 0 spiro atoms. The third-order valence-electron chi connectivity index (χ3n) is 4.44.